The number of hydrogen-bond acceptors (Lipinski definition) is 5. The van der Waals surface area contributed by atoms with E-state index in [1.54, 1.807) is 24.2 Å². The molecule has 0 spiro atoms. The van der Waals surface area contributed by atoms with Crippen LogP contribution in [0.2, 0.25) is 0 Å². The Morgan fingerprint density at radius 1 is 1.33 bits per heavy atom. The summed E-state index contributed by atoms with van der Waals surface area (Å²) in [6.07, 6.45) is 12.3. The van der Waals surface area contributed by atoms with Gasteiger partial charge in [-0.1, -0.05) is 30.3 Å². The molecule has 0 bridgehead atoms. The van der Waals surface area contributed by atoms with Gasteiger partial charge in [-0.3, -0.25) is 10.1 Å². The van der Waals surface area contributed by atoms with Gasteiger partial charge in [0.25, 0.3) is 5.91 Å². The maximum Gasteiger partial charge on any atom is 0.257 e. The maximum absolute atomic E-state index is 12.8. The molecule has 24 heavy (non-hydrogen) atoms. The highest BCUT2D eigenvalue weighted by Crippen LogP contribution is 2.30. The van der Waals surface area contributed by atoms with Gasteiger partial charge in [0.1, 0.15) is 0 Å². The van der Waals surface area contributed by atoms with Crippen LogP contribution < -0.4 is 5.32 Å². The monoisotopic (exact) mass is 423 g/mol. The van der Waals surface area contributed by atoms with Crippen molar-refractivity contribution in [3.8, 4) is 0 Å². The van der Waals surface area contributed by atoms with Crippen LogP contribution in [0.3, 0.4) is 0 Å². The Balaban J connectivity index is 1.86. The van der Waals surface area contributed by atoms with Gasteiger partial charge in [-0.05, 0) is 53.1 Å². The molecule has 3 rings (SSSR count). The first-order chi connectivity index (χ1) is 11.7. The van der Waals surface area contributed by atoms with E-state index in [-0.39, 0.29) is 5.91 Å². The summed E-state index contributed by atoms with van der Waals surface area (Å²) >= 11 is 6.36. The number of allylic oxidation sites excluding steroid dienone is 1. The molecule has 1 saturated carbocycles. The number of halogens is 1. The Morgan fingerprint density at radius 2 is 2.12 bits per heavy atom. The molecule has 1 amide bonds. The lowest BCUT2D eigenvalue weighted by molar-refractivity contribution is -0.111. The second-order valence-electron chi connectivity index (χ2n) is 5.64. The average Bonchev–Trinajstić information content (AvgIpc) is 3.24. The highest BCUT2D eigenvalue weighted by Gasteiger charge is 2.19. The van der Waals surface area contributed by atoms with E-state index in [1.807, 2.05) is 18.4 Å². The fourth-order valence-corrected chi connectivity index (χ4v) is 4.26. The van der Waals surface area contributed by atoms with Crippen LogP contribution in [-0.2, 0) is 4.79 Å². The van der Waals surface area contributed by atoms with Crippen molar-refractivity contribution in [2.75, 3.05) is 11.6 Å². The smallest absolute Gasteiger partial charge is 0.257 e. The first kappa shape index (κ1) is 17.6. The standard InChI is InChI=1S/C17H18BrN3OS2/c1-23-15-7-6-12(9-19-15)13(8-11-4-2-3-5-11)16(22)21-17-20-10-14(18)24-17/h6-11H,2-5H2,1H3,(H,20,21,22)/b13-8+. The Kier molecular flexibility index (Phi) is 6.08. The van der Waals surface area contributed by atoms with Crippen LogP contribution >= 0.6 is 39.0 Å². The summed E-state index contributed by atoms with van der Waals surface area (Å²) < 4.78 is 0.894. The molecule has 0 unspecified atom stereocenters. The van der Waals surface area contributed by atoms with Crippen LogP contribution in [0.1, 0.15) is 31.2 Å². The molecule has 7 heteroatoms. The van der Waals surface area contributed by atoms with Crippen molar-refractivity contribution in [2.45, 2.75) is 30.7 Å². The second-order valence-corrected chi connectivity index (χ2v) is 8.87. The minimum atomic E-state index is -0.123. The summed E-state index contributed by atoms with van der Waals surface area (Å²) in [5.41, 5.74) is 1.54. The third-order valence-corrected chi connectivity index (χ3v) is 6.05. The van der Waals surface area contributed by atoms with Crippen LogP contribution in [0.5, 0.6) is 0 Å². The molecular formula is C17H18BrN3OS2. The highest BCUT2D eigenvalue weighted by atomic mass is 79.9. The van der Waals surface area contributed by atoms with E-state index in [2.05, 4.69) is 37.3 Å². The molecule has 4 nitrogen and oxygen atoms in total. The van der Waals surface area contributed by atoms with Gasteiger partial charge in [-0.2, -0.15) is 0 Å². The molecule has 1 N–H and O–H groups in total. The Labute approximate surface area is 158 Å². The lowest BCUT2D eigenvalue weighted by Crippen LogP contribution is -2.14. The zero-order valence-electron chi connectivity index (χ0n) is 13.3. The van der Waals surface area contributed by atoms with Crippen LogP contribution in [0.15, 0.2) is 39.4 Å². The van der Waals surface area contributed by atoms with E-state index in [0.29, 0.717) is 16.6 Å². The van der Waals surface area contributed by atoms with Crippen molar-refractivity contribution in [3.63, 3.8) is 0 Å². The van der Waals surface area contributed by atoms with Crippen molar-refractivity contribution in [1.29, 1.82) is 0 Å². The van der Waals surface area contributed by atoms with Gasteiger partial charge in [-0.25, -0.2) is 9.97 Å². The number of anilines is 1. The van der Waals surface area contributed by atoms with E-state index >= 15 is 0 Å². The van der Waals surface area contributed by atoms with Gasteiger partial charge in [0.2, 0.25) is 0 Å². The van der Waals surface area contributed by atoms with Gasteiger partial charge in [0, 0.05) is 17.3 Å². The normalized spacial score (nSPS) is 15.7. The number of nitrogens with one attached hydrogen (secondary N) is 1. The van der Waals surface area contributed by atoms with Crippen LogP contribution in [0, 0.1) is 5.92 Å². The summed E-state index contributed by atoms with van der Waals surface area (Å²) in [6.45, 7) is 0. The number of aromatic nitrogens is 2. The average molecular weight is 424 g/mol. The van der Waals surface area contributed by atoms with Gasteiger partial charge in [-0.15, -0.1) is 11.8 Å². The summed E-state index contributed by atoms with van der Waals surface area (Å²) in [6, 6.07) is 3.92. The highest BCUT2D eigenvalue weighted by molar-refractivity contribution is 9.11. The predicted octanol–water partition coefficient (Wildman–Crippen LogP) is 5.23. The fraction of sp³-hybridized carbons (Fsp3) is 0.353. The molecule has 0 radical (unpaired) electrons. The molecule has 126 valence electrons. The molecule has 0 aliphatic heterocycles. The minimum absolute atomic E-state index is 0.123. The van der Waals surface area contributed by atoms with Gasteiger partial charge in [0.05, 0.1) is 15.0 Å². The Morgan fingerprint density at radius 3 is 2.71 bits per heavy atom. The van der Waals surface area contributed by atoms with Crippen molar-refractivity contribution >= 4 is 55.6 Å². The van der Waals surface area contributed by atoms with E-state index in [1.165, 1.54) is 24.2 Å². The molecule has 0 saturated heterocycles. The quantitative estimate of drug-likeness (QED) is 0.527. The number of thioether (sulfide) groups is 1. The van der Waals surface area contributed by atoms with Crippen LogP contribution in [-0.4, -0.2) is 22.1 Å². The summed E-state index contributed by atoms with van der Waals surface area (Å²) in [4.78, 5) is 21.4. The number of rotatable bonds is 5. The van der Waals surface area contributed by atoms with Crippen LogP contribution in [0.25, 0.3) is 5.57 Å². The van der Waals surface area contributed by atoms with Crippen molar-refractivity contribution in [1.82, 2.24) is 9.97 Å². The number of amides is 1. The molecule has 2 aromatic rings. The van der Waals surface area contributed by atoms with E-state index in [0.717, 1.165) is 27.2 Å². The maximum atomic E-state index is 12.8. The number of carbonyl (C=O) groups is 1. The SMILES string of the molecule is CSc1ccc(/C(=C\C2CCCC2)C(=O)Nc2ncc(Br)s2)cn1. The van der Waals surface area contributed by atoms with Crippen molar-refractivity contribution in [3.05, 3.63) is 40.0 Å². The summed E-state index contributed by atoms with van der Waals surface area (Å²) in [7, 11) is 0. The summed E-state index contributed by atoms with van der Waals surface area (Å²) in [5.74, 6) is 0.344. The molecule has 2 aromatic heterocycles. The zero-order valence-corrected chi connectivity index (χ0v) is 16.5. The molecular weight excluding hydrogens is 406 g/mol. The van der Waals surface area contributed by atoms with E-state index in [9.17, 15) is 4.79 Å². The second kappa shape index (κ2) is 8.27. The number of nitrogens with zero attached hydrogens (tertiary/aromatic N) is 2. The molecule has 2 heterocycles. The number of carbonyl (C=O) groups excluding carboxylic acids is 1. The lowest BCUT2D eigenvalue weighted by atomic mass is 9.99. The van der Waals surface area contributed by atoms with Gasteiger partial charge < -0.3 is 0 Å². The van der Waals surface area contributed by atoms with Crippen LogP contribution in [0.4, 0.5) is 5.13 Å². The lowest BCUT2D eigenvalue weighted by Gasteiger charge is -2.11. The zero-order chi connectivity index (χ0) is 16.9. The number of pyridine rings is 1. The molecule has 1 fully saturated rings. The molecule has 1 aliphatic carbocycles. The van der Waals surface area contributed by atoms with Crippen molar-refractivity contribution in [2.24, 2.45) is 5.92 Å². The minimum Gasteiger partial charge on any atom is -0.298 e. The predicted molar refractivity (Wildman–Crippen MR) is 104 cm³/mol. The molecule has 0 atom stereocenters. The first-order valence-electron chi connectivity index (χ1n) is 7.80. The molecule has 0 aromatic carbocycles. The van der Waals surface area contributed by atoms with Gasteiger partial charge in [0.15, 0.2) is 5.13 Å². The first-order valence-corrected chi connectivity index (χ1v) is 10.6. The fourth-order valence-electron chi connectivity index (χ4n) is 2.80. The molecule has 1 aliphatic rings. The third-order valence-electron chi connectivity index (χ3n) is 4.00. The van der Waals surface area contributed by atoms with E-state index < -0.39 is 0 Å². The Hall–Kier alpha value is -1.18. The Bertz CT molecular complexity index is 737. The van der Waals surface area contributed by atoms with Crippen molar-refractivity contribution < 1.29 is 4.79 Å². The number of thiazole rings is 1. The van der Waals surface area contributed by atoms with Gasteiger partial charge >= 0.3 is 0 Å². The number of hydrogen-bond donors (Lipinski definition) is 1. The third kappa shape index (κ3) is 4.46. The largest absolute Gasteiger partial charge is 0.298 e. The van der Waals surface area contributed by atoms with E-state index in [4.69, 9.17) is 0 Å². The topological polar surface area (TPSA) is 54.9 Å². The summed E-state index contributed by atoms with van der Waals surface area (Å²) in [5, 5.41) is 4.44.